The second-order valence-electron chi connectivity index (χ2n) is 2.35. The van der Waals surface area contributed by atoms with Crippen LogP contribution in [0.1, 0.15) is 10.4 Å². The van der Waals surface area contributed by atoms with E-state index in [2.05, 4.69) is 0 Å². The number of benzene rings is 1. The van der Waals surface area contributed by atoms with Crippen LogP contribution < -0.4 is 34.3 Å². The normalized spacial score (nSPS) is 8.67. The number of rotatable bonds is 3. The van der Waals surface area contributed by atoms with Gasteiger partial charge in [0.2, 0.25) is 0 Å². The summed E-state index contributed by atoms with van der Waals surface area (Å²) >= 11 is 10.7. The summed E-state index contributed by atoms with van der Waals surface area (Å²) in [6, 6.07) is 6.36. The van der Waals surface area contributed by atoms with Crippen LogP contribution in [0.4, 0.5) is 0 Å². The molecule has 1 rings (SSSR count). The molecule has 0 saturated heterocycles. The van der Waals surface area contributed by atoms with E-state index in [9.17, 15) is 4.79 Å². The van der Waals surface area contributed by atoms with Gasteiger partial charge in [0.15, 0.2) is 0 Å². The molecular weight excluding hydrogens is 248 g/mol. The molecule has 0 unspecified atom stereocenters. The Kier molecular flexibility index (Phi) is 7.05. The Morgan fingerprint density at radius 2 is 1.93 bits per heavy atom. The van der Waals surface area contributed by atoms with Gasteiger partial charge in [0.25, 0.3) is 0 Å². The third-order valence-electron chi connectivity index (χ3n) is 1.41. The minimum absolute atomic E-state index is 0. The number of hydrogen-bond donors (Lipinski definition) is 0. The number of nitrogens with one attached hydrogen (secondary N) is 1. The summed E-state index contributed by atoms with van der Waals surface area (Å²) < 4.78 is 4.93. The van der Waals surface area contributed by atoms with Crippen molar-refractivity contribution in [3.8, 4) is 5.75 Å². The first-order chi connectivity index (χ1) is 6.61. The van der Waals surface area contributed by atoms with Gasteiger partial charge in [0, 0.05) is 5.56 Å². The minimum atomic E-state index is -0.820. The average molecular weight is 254 g/mol. The monoisotopic (exact) mass is 253 g/mol. The van der Waals surface area contributed by atoms with Crippen molar-refractivity contribution in [2.24, 2.45) is 0 Å². The Balaban J connectivity index is 0.00000196. The predicted molar refractivity (Wildman–Crippen MR) is 55.5 cm³/mol. The third kappa shape index (κ3) is 4.91. The molecule has 0 aliphatic carbocycles. The molecule has 0 aliphatic heterocycles. The van der Waals surface area contributed by atoms with Gasteiger partial charge in [-0.15, -0.1) is 0 Å². The van der Waals surface area contributed by atoms with Crippen molar-refractivity contribution < 1.29 is 39.1 Å². The zero-order valence-corrected chi connectivity index (χ0v) is 11.5. The van der Waals surface area contributed by atoms with Crippen LogP contribution in [-0.2, 0) is 0 Å². The van der Waals surface area contributed by atoms with Crippen molar-refractivity contribution in [3.05, 3.63) is 46.3 Å². The molecule has 0 heterocycles. The number of amides is 1. The first kappa shape index (κ1) is 14.8. The maximum absolute atomic E-state index is 10.8. The summed E-state index contributed by atoms with van der Waals surface area (Å²) in [7, 11) is 0. The summed E-state index contributed by atoms with van der Waals surface area (Å²) in [5, 5.41) is 0. The van der Waals surface area contributed by atoms with Gasteiger partial charge in [0.05, 0.1) is 5.91 Å². The minimum Gasteiger partial charge on any atom is -0.663 e. The molecule has 1 aromatic rings. The molecule has 0 spiro atoms. The predicted octanol–water partition coefficient (Wildman–Crippen LogP) is 0.538. The summed E-state index contributed by atoms with van der Waals surface area (Å²) in [5.41, 5.74) is 7.10. The Morgan fingerprint density at radius 3 is 2.47 bits per heavy atom. The molecule has 1 aromatic carbocycles. The van der Waals surface area contributed by atoms with E-state index in [1.165, 1.54) is 6.07 Å². The van der Waals surface area contributed by atoms with Crippen LogP contribution in [0, 0.1) is 0 Å². The van der Waals surface area contributed by atoms with Crippen LogP contribution >= 0.6 is 23.2 Å². The van der Waals surface area contributed by atoms with E-state index in [-0.39, 0.29) is 45.4 Å². The van der Waals surface area contributed by atoms with E-state index < -0.39 is 5.91 Å². The molecule has 0 bridgehead atoms. The van der Waals surface area contributed by atoms with Crippen LogP contribution in [0.25, 0.3) is 5.73 Å². The van der Waals surface area contributed by atoms with Gasteiger partial charge < -0.3 is 15.3 Å². The molecule has 0 radical (unpaired) electrons. The van der Waals surface area contributed by atoms with Crippen molar-refractivity contribution in [2.75, 3.05) is 0 Å². The van der Waals surface area contributed by atoms with Crippen LogP contribution in [0.15, 0.2) is 35.0 Å². The zero-order chi connectivity index (χ0) is 10.6. The largest absolute Gasteiger partial charge is 1.00 e. The van der Waals surface area contributed by atoms with E-state index in [0.29, 0.717) is 0 Å². The van der Waals surface area contributed by atoms with Gasteiger partial charge >= 0.3 is 29.6 Å². The van der Waals surface area contributed by atoms with Gasteiger partial charge in [0.1, 0.15) is 16.5 Å². The van der Waals surface area contributed by atoms with Crippen LogP contribution in [0.2, 0.25) is 0 Å². The molecule has 15 heavy (non-hydrogen) atoms. The van der Waals surface area contributed by atoms with Crippen LogP contribution in [0.3, 0.4) is 0 Å². The molecule has 0 fully saturated rings. The average Bonchev–Trinajstić information content (AvgIpc) is 2.15. The molecule has 0 aromatic heterocycles. The second kappa shape index (κ2) is 7.14. The summed E-state index contributed by atoms with van der Waals surface area (Å²) in [5.74, 6) is -0.564. The number of hydrogen-bond acceptors (Lipinski definition) is 2. The number of carbonyl (C=O) groups is 1. The standard InChI is InChI=1S/C9H7Cl2NO2.Na/c10-8(11)5-14-7-4-2-1-3-6(7)9(12)13;/h1-5H,(H2,12,13);/q;+1/p-1. The molecule has 1 amide bonds. The molecule has 1 N–H and O–H groups in total. The van der Waals surface area contributed by atoms with Gasteiger partial charge in [-0.2, -0.15) is 0 Å². The number of carbonyl (C=O) groups excluding carboxylic acids is 1. The molecule has 0 aliphatic rings. The van der Waals surface area contributed by atoms with Crippen molar-refractivity contribution in [2.45, 2.75) is 0 Å². The van der Waals surface area contributed by atoms with Crippen LogP contribution in [0.5, 0.6) is 5.75 Å². The number of ether oxygens (including phenoxy) is 1. The first-order valence-corrected chi connectivity index (χ1v) is 4.39. The van der Waals surface area contributed by atoms with Crippen LogP contribution in [-0.4, -0.2) is 5.91 Å². The number of halogens is 2. The van der Waals surface area contributed by atoms with E-state index in [4.69, 9.17) is 33.7 Å². The summed E-state index contributed by atoms with van der Waals surface area (Å²) in [4.78, 5) is 10.8. The maximum atomic E-state index is 10.8. The van der Waals surface area contributed by atoms with Crippen molar-refractivity contribution in [1.29, 1.82) is 0 Å². The first-order valence-electron chi connectivity index (χ1n) is 3.64. The van der Waals surface area contributed by atoms with Gasteiger partial charge in [-0.05, 0) is 12.1 Å². The van der Waals surface area contributed by atoms with Crippen molar-refractivity contribution in [1.82, 2.24) is 0 Å². The Bertz CT molecular complexity index is 378. The molecule has 0 saturated carbocycles. The quantitative estimate of drug-likeness (QED) is 0.583. The molecular formula is C9H6Cl2NNaO2. The summed E-state index contributed by atoms with van der Waals surface area (Å²) in [6.45, 7) is 0. The van der Waals surface area contributed by atoms with E-state index >= 15 is 0 Å². The van der Waals surface area contributed by atoms with Gasteiger partial charge in [-0.25, -0.2) is 0 Å². The molecule has 0 atom stereocenters. The van der Waals surface area contributed by atoms with Gasteiger partial charge in [-0.1, -0.05) is 35.3 Å². The smallest absolute Gasteiger partial charge is 0.663 e. The SMILES string of the molecule is [NH-]C(=O)c1ccccc1OC=C(Cl)Cl.[Na+]. The Labute approximate surface area is 119 Å². The molecule has 74 valence electrons. The zero-order valence-electron chi connectivity index (χ0n) is 7.96. The van der Waals surface area contributed by atoms with E-state index in [1.807, 2.05) is 0 Å². The Hall–Kier alpha value is -0.190. The van der Waals surface area contributed by atoms with E-state index in [1.54, 1.807) is 18.2 Å². The Morgan fingerprint density at radius 1 is 1.33 bits per heavy atom. The fourth-order valence-corrected chi connectivity index (χ4v) is 0.954. The van der Waals surface area contributed by atoms with Crippen molar-refractivity contribution in [3.63, 3.8) is 0 Å². The maximum Gasteiger partial charge on any atom is 1.00 e. The third-order valence-corrected chi connectivity index (χ3v) is 1.58. The topological polar surface area (TPSA) is 50.1 Å². The fraction of sp³-hybridized carbons (Fsp3) is 0. The summed E-state index contributed by atoms with van der Waals surface area (Å²) in [6.07, 6.45) is 1.09. The molecule has 6 heteroatoms. The fourth-order valence-electron chi connectivity index (χ4n) is 0.865. The van der Waals surface area contributed by atoms with Gasteiger partial charge in [-0.3, -0.25) is 0 Å². The number of para-hydroxylation sites is 1. The van der Waals surface area contributed by atoms with Crippen molar-refractivity contribution >= 4 is 29.1 Å². The second-order valence-corrected chi connectivity index (χ2v) is 3.36. The molecule has 3 nitrogen and oxygen atoms in total. The van der Waals surface area contributed by atoms with E-state index in [0.717, 1.165) is 6.26 Å².